The molecule has 0 aliphatic carbocycles. The minimum atomic E-state index is -4.36. The first-order valence-electron chi connectivity index (χ1n) is 11.9. The van der Waals surface area contributed by atoms with Crippen LogP contribution in [0.15, 0.2) is 84.5 Å². The van der Waals surface area contributed by atoms with Gasteiger partial charge < -0.3 is 0 Å². The Morgan fingerprint density at radius 3 is 2.49 bits per heavy atom. The van der Waals surface area contributed by atoms with Gasteiger partial charge in [0.05, 0.1) is 21.8 Å². The van der Waals surface area contributed by atoms with Gasteiger partial charge in [-0.2, -0.15) is 18.3 Å². The smallest absolute Gasteiger partial charge is 0.294 e. The molecular formula is C28H22F3N5S. The Kier molecular flexibility index (Phi) is 6.10. The number of halogens is 3. The van der Waals surface area contributed by atoms with Crippen LogP contribution in [0.3, 0.4) is 0 Å². The average molecular weight is 518 g/mol. The van der Waals surface area contributed by atoms with Crippen molar-refractivity contribution in [1.29, 1.82) is 0 Å². The van der Waals surface area contributed by atoms with Gasteiger partial charge in [-0.15, -0.1) is 11.3 Å². The highest BCUT2D eigenvalue weighted by molar-refractivity contribution is 7.13. The van der Waals surface area contributed by atoms with Crippen molar-refractivity contribution in [3.8, 4) is 27.6 Å². The number of nitrogens with zero attached hydrogens (tertiary/aromatic N) is 5. The van der Waals surface area contributed by atoms with E-state index in [0.29, 0.717) is 17.9 Å². The third-order valence-corrected chi connectivity index (χ3v) is 7.32. The number of alkyl halides is 3. The van der Waals surface area contributed by atoms with E-state index in [1.807, 2.05) is 41.1 Å². The second-order valence-corrected chi connectivity index (χ2v) is 9.91. The Balaban J connectivity index is 1.22. The van der Waals surface area contributed by atoms with Crippen LogP contribution < -0.4 is 0 Å². The zero-order chi connectivity index (χ0) is 25.4. The van der Waals surface area contributed by atoms with Crippen molar-refractivity contribution in [3.05, 3.63) is 107 Å². The number of rotatable bonds is 5. The van der Waals surface area contributed by atoms with Crippen LogP contribution in [-0.2, 0) is 25.7 Å². The van der Waals surface area contributed by atoms with Crippen molar-refractivity contribution in [2.24, 2.45) is 0 Å². The fourth-order valence-electron chi connectivity index (χ4n) is 4.56. The lowest BCUT2D eigenvalue weighted by Gasteiger charge is -2.28. The molecule has 4 heterocycles. The largest absolute Gasteiger partial charge is 0.416 e. The number of thiophene rings is 1. The van der Waals surface area contributed by atoms with Crippen LogP contribution in [0.25, 0.3) is 27.6 Å². The van der Waals surface area contributed by atoms with Gasteiger partial charge in [-0.25, -0.2) is 14.6 Å². The first kappa shape index (κ1) is 23.6. The molecule has 0 radical (unpaired) electrons. The Labute approximate surface area is 215 Å². The van der Waals surface area contributed by atoms with Gasteiger partial charge in [-0.05, 0) is 35.7 Å². The summed E-state index contributed by atoms with van der Waals surface area (Å²) >= 11 is 1.67. The van der Waals surface area contributed by atoms with Crippen LogP contribution in [-0.4, -0.2) is 31.2 Å². The van der Waals surface area contributed by atoms with Crippen LogP contribution in [0.5, 0.6) is 0 Å². The molecule has 5 aromatic rings. The van der Waals surface area contributed by atoms with Crippen LogP contribution in [0.1, 0.15) is 22.4 Å². The monoisotopic (exact) mass is 517 g/mol. The lowest BCUT2D eigenvalue weighted by Crippen LogP contribution is -2.31. The van der Waals surface area contributed by atoms with E-state index in [9.17, 15) is 13.2 Å². The highest BCUT2D eigenvalue weighted by Gasteiger charge is 2.30. The number of para-hydroxylation sites is 1. The maximum absolute atomic E-state index is 12.9. The standard InChI is InChI=1S/C28H22F3N5S/c29-28(30,31)22-10-8-19(9-11-22)27-32-15-20-16-35(13-12-24(20)33-27)17-21-18-36(23-5-2-1-3-6-23)34-26(21)25-7-4-14-37-25/h1-11,14-15,18H,12-13,16-17H2. The zero-order valence-corrected chi connectivity index (χ0v) is 20.5. The summed E-state index contributed by atoms with van der Waals surface area (Å²) in [5.74, 6) is 0.449. The van der Waals surface area contributed by atoms with Crippen molar-refractivity contribution in [3.63, 3.8) is 0 Å². The van der Waals surface area contributed by atoms with E-state index in [2.05, 4.69) is 32.5 Å². The zero-order valence-electron chi connectivity index (χ0n) is 19.7. The fourth-order valence-corrected chi connectivity index (χ4v) is 5.30. The summed E-state index contributed by atoms with van der Waals surface area (Å²) in [6.45, 7) is 2.25. The average Bonchev–Trinajstić information content (AvgIpc) is 3.59. The van der Waals surface area contributed by atoms with Crippen LogP contribution in [0.2, 0.25) is 0 Å². The lowest BCUT2D eigenvalue weighted by atomic mass is 10.1. The Hall–Kier alpha value is -3.82. The van der Waals surface area contributed by atoms with Crippen molar-refractivity contribution >= 4 is 11.3 Å². The summed E-state index contributed by atoms with van der Waals surface area (Å²) in [6.07, 6.45) is 0.283. The third-order valence-electron chi connectivity index (χ3n) is 6.44. The molecule has 2 aromatic carbocycles. The summed E-state index contributed by atoms with van der Waals surface area (Å²) in [5.41, 5.74) is 5.03. The van der Waals surface area contributed by atoms with E-state index >= 15 is 0 Å². The minimum Gasteiger partial charge on any atom is -0.294 e. The summed E-state index contributed by atoms with van der Waals surface area (Å²) in [4.78, 5) is 12.6. The summed E-state index contributed by atoms with van der Waals surface area (Å²) < 4.78 is 40.6. The molecule has 0 amide bonds. The maximum atomic E-state index is 12.9. The Bertz CT molecular complexity index is 1510. The van der Waals surface area contributed by atoms with Crippen molar-refractivity contribution < 1.29 is 13.2 Å². The Morgan fingerprint density at radius 1 is 0.946 bits per heavy atom. The van der Waals surface area contributed by atoms with Gasteiger partial charge >= 0.3 is 6.18 Å². The van der Waals surface area contributed by atoms with Gasteiger partial charge in [-0.3, -0.25) is 4.90 Å². The van der Waals surface area contributed by atoms with E-state index < -0.39 is 11.7 Å². The van der Waals surface area contributed by atoms with Gasteiger partial charge in [-0.1, -0.05) is 36.4 Å². The molecule has 5 nitrogen and oxygen atoms in total. The molecule has 1 aliphatic rings. The van der Waals surface area contributed by atoms with Crippen molar-refractivity contribution in [1.82, 2.24) is 24.6 Å². The highest BCUT2D eigenvalue weighted by atomic mass is 32.1. The van der Waals surface area contributed by atoms with Crippen molar-refractivity contribution in [2.75, 3.05) is 6.54 Å². The molecule has 0 fully saturated rings. The highest BCUT2D eigenvalue weighted by Crippen LogP contribution is 2.32. The molecule has 1 aliphatic heterocycles. The SMILES string of the molecule is FC(F)(F)c1ccc(-c2ncc3c(n2)CCN(Cc2cn(-c4ccccc4)nc2-c2cccs2)C3)cc1. The molecule has 0 saturated heterocycles. The predicted molar refractivity (Wildman–Crippen MR) is 137 cm³/mol. The molecule has 3 aromatic heterocycles. The van der Waals surface area contributed by atoms with Gasteiger partial charge in [0.15, 0.2) is 5.82 Å². The maximum Gasteiger partial charge on any atom is 0.416 e. The second kappa shape index (κ2) is 9.57. The summed E-state index contributed by atoms with van der Waals surface area (Å²) in [7, 11) is 0. The molecule has 186 valence electrons. The van der Waals surface area contributed by atoms with E-state index in [4.69, 9.17) is 5.10 Å². The van der Waals surface area contributed by atoms with Crippen LogP contribution in [0.4, 0.5) is 13.2 Å². The quantitative estimate of drug-likeness (QED) is 0.262. The second-order valence-electron chi connectivity index (χ2n) is 8.96. The first-order chi connectivity index (χ1) is 17.9. The molecule has 0 bridgehead atoms. The van der Waals surface area contributed by atoms with Gasteiger partial charge in [0.2, 0.25) is 0 Å². The molecule has 0 spiro atoms. The third kappa shape index (κ3) is 4.92. The molecule has 0 unspecified atom stereocenters. The first-order valence-corrected chi connectivity index (χ1v) is 12.7. The number of hydrogen-bond donors (Lipinski definition) is 0. The molecule has 0 saturated carbocycles. The van der Waals surface area contributed by atoms with Gasteiger partial charge in [0, 0.05) is 55.1 Å². The van der Waals surface area contributed by atoms with E-state index in [-0.39, 0.29) is 0 Å². The van der Waals surface area contributed by atoms with Gasteiger partial charge in [0.1, 0.15) is 5.69 Å². The number of hydrogen-bond acceptors (Lipinski definition) is 5. The number of aromatic nitrogens is 4. The summed E-state index contributed by atoms with van der Waals surface area (Å²) in [6, 6.07) is 19.2. The van der Waals surface area contributed by atoms with Crippen LogP contribution in [0, 0.1) is 0 Å². The van der Waals surface area contributed by atoms with E-state index in [0.717, 1.165) is 64.7 Å². The molecule has 0 N–H and O–H groups in total. The van der Waals surface area contributed by atoms with E-state index in [1.54, 1.807) is 17.5 Å². The molecular weight excluding hydrogens is 495 g/mol. The summed E-state index contributed by atoms with van der Waals surface area (Å²) in [5, 5.41) is 6.96. The molecule has 6 rings (SSSR count). The fraction of sp³-hybridized carbons (Fsp3) is 0.179. The topological polar surface area (TPSA) is 46.8 Å². The van der Waals surface area contributed by atoms with Crippen LogP contribution >= 0.6 is 11.3 Å². The lowest BCUT2D eigenvalue weighted by molar-refractivity contribution is -0.137. The molecule has 9 heteroatoms. The van der Waals surface area contributed by atoms with E-state index in [1.165, 1.54) is 12.1 Å². The minimum absolute atomic E-state index is 0.449. The van der Waals surface area contributed by atoms with Gasteiger partial charge in [0.25, 0.3) is 0 Å². The molecule has 0 atom stereocenters. The number of benzene rings is 2. The Morgan fingerprint density at radius 2 is 1.76 bits per heavy atom. The molecule has 37 heavy (non-hydrogen) atoms. The predicted octanol–water partition coefficient (Wildman–Crippen LogP) is 6.63. The number of fused-ring (bicyclic) bond motifs is 1. The van der Waals surface area contributed by atoms with Crippen molar-refractivity contribution in [2.45, 2.75) is 25.7 Å². The normalized spacial score (nSPS) is 14.0.